The van der Waals surface area contributed by atoms with E-state index in [-0.39, 0.29) is 5.82 Å². The first-order valence-corrected chi connectivity index (χ1v) is 4.85. The minimum Gasteiger partial charge on any atom is -0.207 e. The molecule has 0 aromatic heterocycles. The molecule has 0 saturated carbocycles. The highest BCUT2D eigenvalue weighted by Crippen LogP contribution is 2.12. The molecular formula is C12H14F2. The van der Waals surface area contributed by atoms with E-state index in [0.717, 1.165) is 31.4 Å². The highest BCUT2D eigenvalue weighted by Gasteiger charge is 1.98. The molecule has 0 nitrogen and oxygen atoms in total. The monoisotopic (exact) mass is 196 g/mol. The Labute approximate surface area is 83.3 Å². The van der Waals surface area contributed by atoms with Gasteiger partial charge in [0.25, 0.3) is 0 Å². The number of benzene rings is 1. The van der Waals surface area contributed by atoms with Gasteiger partial charge in [-0.2, -0.15) is 0 Å². The maximum atomic E-state index is 13.1. The normalized spacial score (nSPS) is 11.1. The summed E-state index contributed by atoms with van der Waals surface area (Å²) in [6, 6.07) is 3.48. The van der Waals surface area contributed by atoms with Gasteiger partial charge < -0.3 is 0 Å². The Kier molecular flexibility index (Phi) is 4.30. The summed E-state index contributed by atoms with van der Waals surface area (Å²) in [4.78, 5) is 0. The molecule has 0 bridgehead atoms. The van der Waals surface area contributed by atoms with E-state index in [1.165, 1.54) is 6.07 Å². The molecule has 0 aliphatic heterocycles. The van der Waals surface area contributed by atoms with E-state index in [9.17, 15) is 8.78 Å². The standard InChI is InChI=1S/C12H14F2/c1-2-3-4-5-6-10-9-11(13)7-8-12(10)14/h5-9H,2-4H2,1H3/b6-5-. The van der Waals surface area contributed by atoms with Crippen LogP contribution in [-0.4, -0.2) is 0 Å². The Hall–Kier alpha value is -1.18. The Bertz CT molecular complexity index is 316. The van der Waals surface area contributed by atoms with Gasteiger partial charge in [0.05, 0.1) is 0 Å². The number of hydrogen-bond acceptors (Lipinski definition) is 0. The molecule has 1 aromatic carbocycles. The Morgan fingerprint density at radius 1 is 1.29 bits per heavy atom. The van der Waals surface area contributed by atoms with Gasteiger partial charge in [-0.3, -0.25) is 0 Å². The molecule has 0 radical (unpaired) electrons. The quantitative estimate of drug-likeness (QED) is 0.634. The van der Waals surface area contributed by atoms with Crippen molar-refractivity contribution in [2.45, 2.75) is 26.2 Å². The Morgan fingerprint density at radius 3 is 2.79 bits per heavy atom. The third kappa shape index (κ3) is 3.29. The smallest absolute Gasteiger partial charge is 0.130 e. The van der Waals surface area contributed by atoms with Gasteiger partial charge >= 0.3 is 0 Å². The van der Waals surface area contributed by atoms with Crippen LogP contribution in [-0.2, 0) is 0 Å². The topological polar surface area (TPSA) is 0 Å². The summed E-state index contributed by atoms with van der Waals surface area (Å²) in [6.07, 6.45) is 6.60. The van der Waals surface area contributed by atoms with Gasteiger partial charge in [-0.1, -0.05) is 31.9 Å². The second-order valence-corrected chi connectivity index (χ2v) is 3.21. The summed E-state index contributed by atoms with van der Waals surface area (Å²) < 4.78 is 25.8. The third-order valence-corrected chi connectivity index (χ3v) is 1.98. The fraction of sp³-hybridized carbons (Fsp3) is 0.333. The summed E-state index contributed by atoms with van der Waals surface area (Å²) >= 11 is 0. The molecule has 14 heavy (non-hydrogen) atoms. The van der Waals surface area contributed by atoms with Gasteiger partial charge in [-0.15, -0.1) is 0 Å². The van der Waals surface area contributed by atoms with Gasteiger partial charge in [-0.05, 0) is 24.6 Å². The van der Waals surface area contributed by atoms with Crippen LogP contribution in [0.4, 0.5) is 8.78 Å². The zero-order valence-corrected chi connectivity index (χ0v) is 8.26. The van der Waals surface area contributed by atoms with E-state index in [1.54, 1.807) is 6.08 Å². The van der Waals surface area contributed by atoms with Crippen molar-refractivity contribution >= 4 is 6.08 Å². The molecule has 0 spiro atoms. The van der Waals surface area contributed by atoms with Crippen LogP contribution < -0.4 is 0 Å². The van der Waals surface area contributed by atoms with Crippen molar-refractivity contribution < 1.29 is 8.78 Å². The van der Waals surface area contributed by atoms with E-state index >= 15 is 0 Å². The summed E-state index contributed by atoms with van der Waals surface area (Å²) in [5.74, 6) is -0.777. The highest BCUT2D eigenvalue weighted by atomic mass is 19.1. The zero-order chi connectivity index (χ0) is 10.4. The van der Waals surface area contributed by atoms with Gasteiger partial charge in [0.15, 0.2) is 0 Å². The van der Waals surface area contributed by atoms with Crippen molar-refractivity contribution in [3.05, 3.63) is 41.5 Å². The number of unbranched alkanes of at least 4 members (excludes halogenated alkanes) is 2. The van der Waals surface area contributed by atoms with Crippen LogP contribution in [0.2, 0.25) is 0 Å². The summed E-state index contributed by atoms with van der Waals surface area (Å²) in [6.45, 7) is 2.09. The molecule has 1 aromatic rings. The number of rotatable bonds is 4. The minimum absolute atomic E-state index is 0.320. The van der Waals surface area contributed by atoms with Crippen LogP contribution in [0.15, 0.2) is 24.3 Å². The van der Waals surface area contributed by atoms with Gasteiger partial charge in [0.1, 0.15) is 11.6 Å². The first-order valence-electron chi connectivity index (χ1n) is 4.85. The maximum absolute atomic E-state index is 13.1. The van der Waals surface area contributed by atoms with Crippen LogP contribution in [0.1, 0.15) is 31.7 Å². The van der Waals surface area contributed by atoms with Crippen LogP contribution in [0.5, 0.6) is 0 Å². The minimum atomic E-state index is -0.401. The number of halogens is 2. The third-order valence-electron chi connectivity index (χ3n) is 1.98. The van der Waals surface area contributed by atoms with Crippen LogP contribution in [0.25, 0.3) is 6.08 Å². The average Bonchev–Trinajstić information content (AvgIpc) is 2.18. The molecule has 0 saturated heterocycles. The molecule has 0 amide bonds. The van der Waals surface area contributed by atoms with Crippen LogP contribution >= 0.6 is 0 Å². The molecule has 0 aliphatic rings. The number of hydrogen-bond donors (Lipinski definition) is 0. The zero-order valence-electron chi connectivity index (χ0n) is 8.26. The lowest BCUT2D eigenvalue weighted by Gasteiger charge is -1.96. The van der Waals surface area contributed by atoms with Crippen molar-refractivity contribution in [1.29, 1.82) is 0 Å². The first kappa shape index (κ1) is 10.9. The molecule has 1 rings (SSSR count). The molecule has 2 heteroatoms. The van der Waals surface area contributed by atoms with E-state index in [0.29, 0.717) is 5.56 Å². The number of allylic oxidation sites excluding steroid dienone is 1. The van der Waals surface area contributed by atoms with Crippen LogP contribution in [0, 0.1) is 11.6 Å². The predicted octanol–water partition coefficient (Wildman–Crippen LogP) is 4.17. The molecular weight excluding hydrogens is 182 g/mol. The second kappa shape index (κ2) is 5.53. The lowest BCUT2D eigenvalue weighted by molar-refractivity contribution is 0.598. The van der Waals surface area contributed by atoms with E-state index < -0.39 is 5.82 Å². The van der Waals surface area contributed by atoms with E-state index in [4.69, 9.17) is 0 Å². The molecule has 76 valence electrons. The van der Waals surface area contributed by atoms with Crippen molar-refractivity contribution in [2.24, 2.45) is 0 Å². The lowest BCUT2D eigenvalue weighted by Crippen LogP contribution is -1.83. The fourth-order valence-corrected chi connectivity index (χ4v) is 1.17. The van der Waals surface area contributed by atoms with Crippen molar-refractivity contribution in [2.75, 3.05) is 0 Å². The fourth-order valence-electron chi connectivity index (χ4n) is 1.17. The molecule has 0 aliphatic carbocycles. The summed E-state index contributed by atoms with van der Waals surface area (Å²) in [7, 11) is 0. The summed E-state index contributed by atoms with van der Waals surface area (Å²) in [5.41, 5.74) is 0.320. The second-order valence-electron chi connectivity index (χ2n) is 3.21. The van der Waals surface area contributed by atoms with Gasteiger partial charge in [0, 0.05) is 5.56 Å². The SMILES string of the molecule is CCCC/C=C\c1cc(F)ccc1F. The largest absolute Gasteiger partial charge is 0.207 e. The van der Waals surface area contributed by atoms with Gasteiger partial charge in [-0.25, -0.2) is 8.78 Å². The molecule has 0 fully saturated rings. The van der Waals surface area contributed by atoms with Crippen molar-refractivity contribution in [3.63, 3.8) is 0 Å². The van der Waals surface area contributed by atoms with Gasteiger partial charge in [0.2, 0.25) is 0 Å². The lowest BCUT2D eigenvalue weighted by atomic mass is 10.1. The predicted molar refractivity (Wildman–Crippen MR) is 54.9 cm³/mol. The first-order chi connectivity index (χ1) is 6.74. The van der Waals surface area contributed by atoms with E-state index in [2.05, 4.69) is 6.92 Å². The molecule has 0 unspecified atom stereocenters. The van der Waals surface area contributed by atoms with E-state index in [1.807, 2.05) is 6.08 Å². The molecule has 0 heterocycles. The highest BCUT2D eigenvalue weighted by molar-refractivity contribution is 5.49. The van der Waals surface area contributed by atoms with Crippen molar-refractivity contribution in [1.82, 2.24) is 0 Å². The molecule has 0 atom stereocenters. The van der Waals surface area contributed by atoms with Crippen LogP contribution in [0.3, 0.4) is 0 Å². The Morgan fingerprint density at radius 2 is 2.07 bits per heavy atom. The Balaban J connectivity index is 2.65. The maximum Gasteiger partial charge on any atom is 0.130 e. The summed E-state index contributed by atoms with van der Waals surface area (Å²) in [5, 5.41) is 0. The molecule has 0 N–H and O–H groups in total. The average molecular weight is 196 g/mol. The van der Waals surface area contributed by atoms with Crippen molar-refractivity contribution in [3.8, 4) is 0 Å².